The number of rotatable bonds is 4. The number of carbonyl (C=O) groups excluding carboxylic acids is 1. The van der Waals surface area contributed by atoms with E-state index >= 15 is 0 Å². The normalized spacial score (nSPS) is 10.8. The predicted octanol–water partition coefficient (Wildman–Crippen LogP) is 3.62. The highest BCUT2D eigenvalue weighted by Crippen LogP contribution is 2.27. The molecule has 2 aromatic carbocycles. The Morgan fingerprint density at radius 2 is 2.00 bits per heavy atom. The monoisotopic (exact) mass is 334 g/mol. The van der Waals surface area contributed by atoms with Gasteiger partial charge in [-0.2, -0.15) is 5.10 Å². The summed E-state index contributed by atoms with van der Waals surface area (Å²) in [6.45, 7) is 0.496. The third kappa shape index (κ3) is 2.91. The molecule has 0 aliphatic carbocycles. The van der Waals surface area contributed by atoms with Crippen molar-refractivity contribution in [3.8, 4) is 11.1 Å². The first-order valence-corrected chi connectivity index (χ1v) is 8.33. The third-order valence-electron chi connectivity index (χ3n) is 3.71. The molecule has 0 atom stereocenters. The largest absolute Gasteiger partial charge is 0.346 e. The molecule has 0 radical (unpaired) electrons. The maximum atomic E-state index is 12.3. The molecule has 0 saturated carbocycles. The zero-order valence-electron chi connectivity index (χ0n) is 12.7. The van der Waals surface area contributed by atoms with E-state index in [1.54, 1.807) is 6.20 Å². The molecule has 4 aromatic rings. The van der Waals surface area contributed by atoms with E-state index in [2.05, 4.69) is 20.5 Å². The third-order valence-corrected chi connectivity index (χ3v) is 4.73. The molecule has 0 fully saturated rings. The van der Waals surface area contributed by atoms with Gasteiger partial charge in [0.15, 0.2) is 5.01 Å². The quantitative estimate of drug-likeness (QED) is 0.599. The lowest BCUT2D eigenvalue weighted by atomic mass is 10.1. The molecule has 4 rings (SSSR count). The second-order valence-corrected chi connectivity index (χ2v) is 6.39. The summed E-state index contributed by atoms with van der Waals surface area (Å²) in [5.41, 5.74) is 3.96. The van der Waals surface area contributed by atoms with Crippen molar-refractivity contribution in [3.63, 3.8) is 0 Å². The number of carbonyl (C=O) groups is 1. The second kappa shape index (κ2) is 6.25. The number of aromatic nitrogens is 3. The van der Waals surface area contributed by atoms with Crippen molar-refractivity contribution in [2.45, 2.75) is 6.54 Å². The smallest absolute Gasteiger partial charge is 0.280 e. The van der Waals surface area contributed by atoms with E-state index in [0.29, 0.717) is 11.6 Å². The van der Waals surface area contributed by atoms with Gasteiger partial charge in [-0.3, -0.25) is 9.89 Å². The maximum Gasteiger partial charge on any atom is 0.280 e. The molecular formula is C18H14N4OS. The molecule has 0 aliphatic heterocycles. The van der Waals surface area contributed by atoms with Crippen LogP contribution in [0.1, 0.15) is 15.4 Å². The van der Waals surface area contributed by atoms with Crippen LogP contribution in [0, 0.1) is 0 Å². The molecule has 1 amide bonds. The molecule has 0 spiro atoms. The van der Waals surface area contributed by atoms with E-state index < -0.39 is 0 Å². The highest BCUT2D eigenvalue weighted by Gasteiger charge is 2.12. The average Bonchev–Trinajstić information content (AvgIpc) is 3.29. The average molecular weight is 334 g/mol. The summed E-state index contributed by atoms with van der Waals surface area (Å²) in [5, 5.41) is 10.2. The van der Waals surface area contributed by atoms with Crippen molar-refractivity contribution < 1.29 is 4.79 Å². The Bertz CT molecular complexity index is 977. The molecule has 24 heavy (non-hydrogen) atoms. The van der Waals surface area contributed by atoms with Crippen molar-refractivity contribution >= 4 is 27.5 Å². The topological polar surface area (TPSA) is 70.7 Å². The van der Waals surface area contributed by atoms with E-state index in [1.807, 2.05) is 54.7 Å². The number of H-pyrrole nitrogens is 1. The van der Waals surface area contributed by atoms with Crippen molar-refractivity contribution in [3.05, 3.63) is 71.5 Å². The fourth-order valence-corrected chi connectivity index (χ4v) is 3.39. The first kappa shape index (κ1) is 14.6. The van der Waals surface area contributed by atoms with Crippen LogP contribution in [0.2, 0.25) is 0 Å². The first-order chi connectivity index (χ1) is 11.8. The number of fused-ring (bicyclic) bond motifs is 1. The molecule has 5 nitrogen and oxygen atoms in total. The van der Waals surface area contributed by atoms with Crippen LogP contribution in [0.5, 0.6) is 0 Å². The number of hydrogen-bond donors (Lipinski definition) is 2. The van der Waals surface area contributed by atoms with E-state index in [1.165, 1.54) is 11.3 Å². The molecule has 6 heteroatoms. The minimum absolute atomic E-state index is 0.148. The molecular weight excluding hydrogens is 320 g/mol. The molecule has 2 aromatic heterocycles. The SMILES string of the molecule is O=C(NCc1ccccc1)c1nc2ccc(-c3cn[nH]c3)cc2s1. The van der Waals surface area contributed by atoms with Gasteiger partial charge in [-0.25, -0.2) is 4.98 Å². The number of amides is 1. The van der Waals surface area contributed by atoms with Gasteiger partial charge in [0.2, 0.25) is 0 Å². The minimum atomic E-state index is -0.148. The zero-order chi connectivity index (χ0) is 16.4. The van der Waals surface area contributed by atoms with Crippen LogP contribution >= 0.6 is 11.3 Å². The number of benzene rings is 2. The van der Waals surface area contributed by atoms with Crippen LogP contribution in [-0.2, 0) is 6.54 Å². The van der Waals surface area contributed by atoms with Crippen molar-refractivity contribution in [2.75, 3.05) is 0 Å². The Balaban J connectivity index is 1.55. The number of thiazole rings is 1. The molecule has 0 saturated heterocycles. The number of nitrogens with zero attached hydrogens (tertiary/aromatic N) is 2. The summed E-state index contributed by atoms with van der Waals surface area (Å²) < 4.78 is 0.985. The van der Waals surface area contributed by atoms with Gasteiger partial charge in [-0.1, -0.05) is 36.4 Å². The van der Waals surface area contributed by atoms with Gasteiger partial charge in [0, 0.05) is 18.3 Å². The lowest BCUT2D eigenvalue weighted by molar-refractivity contribution is 0.0950. The predicted molar refractivity (Wildman–Crippen MR) is 94.8 cm³/mol. The molecule has 0 bridgehead atoms. The summed E-state index contributed by atoms with van der Waals surface area (Å²) in [4.78, 5) is 16.8. The molecule has 2 N–H and O–H groups in total. The van der Waals surface area contributed by atoms with Gasteiger partial charge >= 0.3 is 0 Å². The van der Waals surface area contributed by atoms with Crippen molar-refractivity contribution in [1.82, 2.24) is 20.5 Å². The van der Waals surface area contributed by atoms with Crippen LogP contribution in [0.3, 0.4) is 0 Å². The van der Waals surface area contributed by atoms with Gasteiger partial charge in [0.1, 0.15) is 0 Å². The standard InChI is InChI=1S/C18H14N4OS/c23-17(19-9-12-4-2-1-3-5-12)18-22-15-7-6-13(8-16(15)24-18)14-10-20-21-11-14/h1-8,10-11H,9H2,(H,19,23)(H,20,21). The number of hydrogen-bond acceptors (Lipinski definition) is 4. The summed E-state index contributed by atoms with van der Waals surface area (Å²) in [5.74, 6) is -0.148. The van der Waals surface area contributed by atoms with Gasteiger partial charge < -0.3 is 5.32 Å². The van der Waals surface area contributed by atoms with E-state index in [-0.39, 0.29) is 5.91 Å². The fraction of sp³-hybridized carbons (Fsp3) is 0.0556. The Labute approximate surface area is 142 Å². The summed E-state index contributed by atoms with van der Waals surface area (Å²) in [6, 6.07) is 15.8. The second-order valence-electron chi connectivity index (χ2n) is 5.36. The molecule has 2 heterocycles. The van der Waals surface area contributed by atoms with Gasteiger partial charge in [0.05, 0.1) is 16.4 Å². The molecule has 0 unspecified atom stereocenters. The summed E-state index contributed by atoms with van der Waals surface area (Å²) in [7, 11) is 0. The fourth-order valence-electron chi connectivity index (χ4n) is 2.46. The summed E-state index contributed by atoms with van der Waals surface area (Å²) >= 11 is 1.40. The van der Waals surface area contributed by atoms with Crippen LogP contribution in [0.15, 0.2) is 60.9 Å². The highest BCUT2D eigenvalue weighted by atomic mass is 32.1. The maximum absolute atomic E-state index is 12.3. The van der Waals surface area contributed by atoms with Crippen LogP contribution in [0.4, 0.5) is 0 Å². The Hall–Kier alpha value is -2.99. The minimum Gasteiger partial charge on any atom is -0.346 e. The molecule has 118 valence electrons. The number of aromatic amines is 1. The van der Waals surface area contributed by atoms with Gasteiger partial charge in [-0.05, 0) is 23.3 Å². The van der Waals surface area contributed by atoms with Gasteiger partial charge in [0.25, 0.3) is 5.91 Å². The lowest BCUT2D eigenvalue weighted by Crippen LogP contribution is -2.22. The Morgan fingerprint density at radius 1 is 1.12 bits per heavy atom. The van der Waals surface area contributed by atoms with Crippen LogP contribution < -0.4 is 5.32 Å². The first-order valence-electron chi connectivity index (χ1n) is 7.51. The van der Waals surface area contributed by atoms with E-state index in [4.69, 9.17) is 0 Å². The van der Waals surface area contributed by atoms with E-state index in [0.717, 1.165) is 26.9 Å². The summed E-state index contributed by atoms with van der Waals surface area (Å²) in [6.07, 6.45) is 3.62. The zero-order valence-corrected chi connectivity index (χ0v) is 13.5. The highest BCUT2D eigenvalue weighted by molar-refractivity contribution is 7.20. The Kier molecular flexibility index (Phi) is 3.80. The van der Waals surface area contributed by atoms with Gasteiger partial charge in [-0.15, -0.1) is 11.3 Å². The van der Waals surface area contributed by atoms with Crippen molar-refractivity contribution in [2.24, 2.45) is 0 Å². The Morgan fingerprint density at radius 3 is 2.79 bits per heavy atom. The van der Waals surface area contributed by atoms with E-state index in [9.17, 15) is 4.79 Å². The van der Waals surface area contributed by atoms with Crippen molar-refractivity contribution in [1.29, 1.82) is 0 Å². The van der Waals surface area contributed by atoms with Crippen LogP contribution in [-0.4, -0.2) is 21.1 Å². The molecule has 0 aliphatic rings. The number of nitrogens with one attached hydrogen (secondary N) is 2. The van der Waals surface area contributed by atoms with Crippen LogP contribution in [0.25, 0.3) is 21.3 Å². The lowest BCUT2D eigenvalue weighted by Gasteiger charge is -2.02.